The van der Waals surface area contributed by atoms with Gasteiger partial charge in [-0.2, -0.15) is 5.10 Å². The number of aryl methyl sites for hydroxylation is 1. The maximum Gasteiger partial charge on any atom is 0.259 e. The lowest BCUT2D eigenvalue weighted by Gasteiger charge is -2.36. The van der Waals surface area contributed by atoms with Crippen LogP contribution in [0, 0.1) is 12.7 Å². The number of hydrogen-bond donors (Lipinski definition) is 0. The smallest absolute Gasteiger partial charge is 0.259 e. The molecular weight excluding hydrogens is 426 g/mol. The van der Waals surface area contributed by atoms with Gasteiger partial charge in [0, 0.05) is 36.9 Å². The van der Waals surface area contributed by atoms with Gasteiger partial charge in [-0.1, -0.05) is 41.4 Å². The van der Waals surface area contributed by atoms with Gasteiger partial charge in [0.25, 0.3) is 5.91 Å². The normalized spacial score (nSPS) is 14.3. The minimum atomic E-state index is -0.258. The van der Waals surface area contributed by atoms with E-state index >= 15 is 0 Å². The molecule has 4 rings (SSSR count). The van der Waals surface area contributed by atoms with Crippen molar-refractivity contribution in [3.8, 4) is 0 Å². The number of anilines is 1. The molecule has 30 heavy (non-hydrogen) atoms. The summed E-state index contributed by atoms with van der Waals surface area (Å²) in [5.41, 5.74) is 2.86. The molecule has 8 heteroatoms. The molecule has 1 amide bonds. The van der Waals surface area contributed by atoms with Crippen LogP contribution < -0.4 is 4.90 Å². The highest BCUT2D eigenvalue weighted by Gasteiger charge is 2.28. The summed E-state index contributed by atoms with van der Waals surface area (Å²) in [6, 6.07) is 13.9. The van der Waals surface area contributed by atoms with E-state index in [1.807, 2.05) is 24.3 Å². The Morgan fingerprint density at radius 3 is 2.37 bits per heavy atom. The average Bonchev–Trinajstić information content (AvgIpc) is 3.03. The van der Waals surface area contributed by atoms with Gasteiger partial charge in [-0.15, -0.1) is 0 Å². The first-order chi connectivity index (χ1) is 14.4. The lowest BCUT2D eigenvalue weighted by Crippen LogP contribution is -2.49. The van der Waals surface area contributed by atoms with Gasteiger partial charge >= 0.3 is 0 Å². The predicted molar refractivity (Wildman–Crippen MR) is 117 cm³/mol. The maximum atomic E-state index is 13.2. The fraction of sp³-hybridized carbons (Fsp3) is 0.273. The van der Waals surface area contributed by atoms with Gasteiger partial charge in [-0.3, -0.25) is 4.79 Å². The first-order valence-electron chi connectivity index (χ1n) is 9.70. The number of carbonyl (C=O) groups is 1. The second-order valence-electron chi connectivity index (χ2n) is 7.26. The number of hydrogen-bond acceptors (Lipinski definition) is 3. The van der Waals surface area contributed by atoms with Crippen LogP contribution in [-0.4, -0.2) is 46.8 Å². The Kier molecular flexibility index (Phi) is 5.97. The molecule has 0 unspecified atom stereocenters. The van der Waals surface area contributed by atoms with Crippen molar-refractivity contribution in [1.29, 1.82) is 0 Å². The van der Waals surface area contributed by atoms with Gasteiger partial charge in [0.05, 0.1) is 17.8 Å². The molecule has 3 aromatic rings. The molecule has 0 aliphatic carbocycles. The molecule has 0 radical (unpaired) electrons. The van der Waals surface area contributed by atoms with Crippen LogP contribution in [0.25, 0.3) is 0 Å². The third-order valence-electron chi connectivity index (χ3n) is 5.32. The number of aromatic nitrogens is 2. The molecule has 0 N–H and O–H groups in total. The van der Waals surface area contributed by atoms with E-state index in [1.165, 1.54) is 12.1 Å². The van der Waals surface area contributed by atoms with Crippen LogP contribution in [-0.2, 0) is 6.54 Å². The molecule has 0 atom stereocenters. The quantitative estimate of drug-likeness (QED) is 0.585. The van der Waals surface area contributed by atoms with Crippen LogP contribution in [0.1, 0.15) is 21.6 Å². The van der Waals surface area contributed by atoms with E-state index in [4.69, 9.17) is 23.2 Å². The number of benzene rings is 2. The minimum absolute atomic E-state index is 0.123. The molecule has 1 aliphatic rings. The molecule has 0 spiro atoms. The van der Waals surface area contributed by atoms with Crippen LogP contribution in [0.2, 0.25) is 10.2 Å². The standard InChI is InChI=1S/C22H21Cl2FN4O/c1-15-20(21(24)29(26-15)14-16-4-2-3-5-19(16)23)22(30)28-12-10-27(11-13-28)18-8-6-17(25)7-9-18/h2-9H,10-14H2,1H3. The molecular formula is C22H21Cl2FN4O. The second kappa shape index (κ2) is 8.66. The summed E-state index contributed by atoms with van der Waals surface area (Å²) in [5, 5.41) is 5.41. The molecule has 2 aromatic carbocycles. The fourth-order valence-corrected chi connectivity index (χ4v) is 4.18. The summed E-state index contributed by atoms with van der Waals surface area (Å²) < 4.78 is 14.8. The van der Waals surface area contributed by atoms with Crippen molar-refractivity contribution in [2.45, 2.75) is 13.5 Å². The van der Waals surface area contributed by atoms with E-state index in [0.717, 1.165) is 11.3 Å². The predicted octanol–water partition coefficient (Wildman–Crippen LogP) is 4.65. The number of carbonyl (C=O) groups excluding carboxylic acids is 1. The Morgan fingerprint density at radius 2 is 1.70 bits per heavy atom. The third kappa shape index (κ3) is 4.16. The summed E-state index contributed by atoms with van der Waals surface area (Å²) in [5.74, 6) is -0.381. The monoisotopic (exact) mass is 446 g/mol. The van der Waals surface area contributed by atoms with E-state index in [-0.39, 0.29) is 11.7 Å². The Hall–Kier alpha value is -2.57. The molecule has 5 nitrogen and oxygen atoms in total. The van der Waals surface area contributed by atoms with Gasteiger partial charge in [0.2, 0.25) is 0 Å². The van der Waals surface area contributed by atoms with Gasteiger partial charge in [0.15, 0.2) is 0 Å². The van der Waals surface area contributed by atoms with Gasteiger partial charge in [0.1, 0.15) is 11.0 Å². The van der Waals surface area contributed by atoms with Crippen molar-refractivity contribution in [3.05, 3.63) is 81.3 Å². The van der Waals surface area contributed by atoms with Crippen LogP contribution >= 0.6 is 23.2 Å². The van der Waals surface area contributed by atoms with Crippen LogP contribution in [0.3, 0.4) is 0 Å². The van der Waals surface area contributed by atoms with Crippen LogP contribution in [0.5, 0.6) is 0 Å². The largest absolute Gasteiger partial charge is 0.368 e. The summed E-state index contributed by atoms with van der Waals surface area (Å²) in [6.45, 7) is 4.63. The van der Waals surface area contributed by atoms with Crippen molar-refractivity contribution in [1.82, 2.24) is 14.7 Å². The van der Waals surface area contributed by atoms with E-state index in [0.29, 0.717) is 54.2 Å². The first kappa shape index (κ1) is 20.7. The van der Waals surface area contributed by atoms with E-state index in [9.17, 15) is 9.18 Å². The average molecular weight is 447 g/mol. The van der Waals surface area contributed by atoms with Crippen molar-refractivity contribution >= 4 is 34.8 Å². The first-order valence-corrected chi connectivity index (χ1v) is 10.5. The van der Waals surface area contributed by atoms with Crippen LogP contribution in [0.15, 0.2) is 48.5 Å². The van der Waals surface area contributed by atoms with E-state index in [2.05, 4.69) is 10.00 Å². The van der Waals surface area contributed by atoms with E-state index < -0.39 is 0 Å². The number of nitrogens with zero attached hydrogens (tertiary/aromatic N) is 4. The van der Waals surface area contributed by atoms with Gasteiger partial charge in [-0.05, 0) is 42.8 Å². The molecule has 1 aliphatic heterocycles. The summed E-state index contributed by atoms with van der Waals surface area (Å²) >= 11 is 12.8. The number of rotatable bonds is 4. The molecule has 156 valence electrons. The topological polar surface area (TPSA) is 41.4 Å². The molecule has 1 aromatic heterocycles. The molecule has 1 saturated heterocycles. The zero-order valence-corrected chi connectivity index (χ0v) is 18.0. The summed E-state index contributed by atoms with van der Waals surface area (Å²) in [7, 11) is 0. The van der Waals surface area contributed by atoms with Crippen molar-refractivity contribution in [2.24, 2.45) is 0 Å². The van der Waals surface area contributed by atoms with Crippen molar-refractivity contribution in [2.75, 3.05) is 31.1 Å². The zero-order chi connectivity index (χ0) is 21.3. The maximum absolute atomic E-state index is 13.2. The minimum Gasteiger partial charge on any atom is -0.368 e. The number of piperazine rings is 1. The van der Waals surface area contributed by atoms with Crippen molar-refractivity contribution < 1.29 is 9.18 Å². The lowest BCUT2D eigenvalue weighted by atomic mass is 10.2. The molecule has 2 heterocycles. The Balaban J connectivity index is 1.47. The number of halogens is 3. The molecule has 0 bridgehead atoms. The summed E-state index contributed by atoms with van der Waals surface area (Å²) in [4.78, 5) is 17.1. The third-order valence-corrected chi connectivity index (χ3v) is 6.07. The van der Waals surface area contributed by atoms with E-state index in [1.54, 1.807) is 28.6 Å². The van der Waals surface area contributed by atoms with Crippen molar-refractivity contribution in [3.63, 3.8) is 0 Å². The highest BCUT2D eigenvalue weighted by molar-refractivity contribution is 6.33. The van der Waals surface area contributed by atoms with Gasteiger partial charge in [-0.25, -0.2) is 9.07 Å². The zero-order valence-electron chi connectivity index (χ0n) is 16.5. The van der Waals surface area contributed by atoms with Gasteiger partial charge < -0.3 is 9.80 Å². The highest BCUT2D eigenvalue weighted by Crippen LogP contribution is 2.25. The molecule has 1 fully saturated rings. The fourth-order valence-electron chi connectivity index (χ4n) is 3.67. The lowest BCUT2D eigenvalue weighted by molar-refractivity contribution is 0.0746. The Labute approximate surface area is 184 Å². The summed E-state index contributed by atoms with van der Waals surface area (Å²) in [6.07, 6.45) is 0. The second-order valence-corrected chi connectivity index (χ2v) is 8.02. The molecule has 0 saturated carbocycles. The van der Waals surface area contributed by atoms with Crippen LogP contribution in [0.4, 0.5) is 10.1 Å². The Morgan fingerprint density at radius 1 is 1.03 bits per heavy atom. The number of amides is 1. The SMILES string of the molecule is Cc1nn(Cc2ccccc2Cl)c(Cl)c1C(=O)N1CCN(c2ccc(F)cc2)CC1. The highest BCUT2D eigenvalue weighted by atomic mass is 35.5. The Bertz CT molecular complexity index is 1060.